The summed E-state index contributed by atoms with van der Waals surface area (Å²) in [4.78, 5) is 14.5. The fourth-order valence-electron chi connectivity index (χ4n) is 3.06. The molecule has 3 aromatic rings. The second-order valence-corrected chi connectivity index (χ2v) is 6.93. The molecular formula is C18H15BrF2N4O2. The number of amidine groups is 1. The van der Waals surface area contributed by atoms with Gasteiger partial charge < -0.3 is 9.30 Å². The number of nitrogens with zero attached hydrogens (tertiary/aromatic N) is 3. The molecule has 1 atom stereocenters. The molecule has 0 saturated carbocycles. The summed E-state index contributed by atoms with van der Waals surface area (Å²) in [6.45, 7) is 0.245. The van der Waals surface area contributed by atoms with Gasteiger partial charge in [-0.15, -0.1) is 0 Å². The van der Waals surface area contributed by atoms with Gasteiger partial charge in [-0.25, -0.2) is 19.2 Å². The Morgan fingerprint density at radius 1 is 1.30 bits per heavy atom. The molecule has 0 spiro atoms. The van der Waals surface area contributed by atoms with E-state index >= 15 is 0 Å². The summed E-state index contributed by atoms with van der Waals surface area (Å²) in [6.07, 6.45) is 1.81. The number of fused-ring (bicyclic) bond motifs is 1. The van der Waals surface area contributed by atoms with Gasteiger partial charge in [0.2, 0.25) is 5.88 Å². The van der Waals surface area contributed by atoms with E-state index in [4.69, 9.17) is 9.57 Å². The van der Waals surface area contributed by atoms with Gasteiger partial charge in [0.15, 0.2) is 17.5 Å². The Morgan fingerprint density at radius 2 is 2.07 bits per heavy atom. The molecule has 0 amide bonds. The molecule has 4 rings (SSSR count). The number of aryl methyl sites for hydroxylation is 1. The first-order valence-electron chi connectivity index (χ1n) is 8.08. The summed E-state index contributed by atoms with van der Waals surface area (Å²) < 4.78 is 35.0. The number of hydroxylamine groups is 1. The quantitative estimate of drug-likeness (QED) is 0.680. The average molecular weight is 437 g/mol. The lowest BCUT2D eigenvalue weighted by atomic mass is 10.1. The zero-order chi connectivity index (χ0) is 19.1. The van der Waals surface area contributed by atoms with Gasteiger partial charge in [0, 0.05) is 30.3 Å². The number of aliphatic imine (C=N–C) groups is 1. The summed E-state index contributed by atoms with van der Waals surface area (Å²) in [5.74, 6) is -0.932. The van der Waals surface area contributed by atoms with E-state index in [1.165, 1.54) is 19.2 Å². The maximum atomic E-state index is 13.8. The van der Waals surface area contributed by atoms with Crippen LogP contribution in [-0.4, -0.2) is 29.1 Å². The van der Waals surface area contributed by atoms with Crippen LogP contribution in [0.5, 0.6) is 5.88 Å². The van der Waals surface area contributed by atoms with E-state index in [9.17, 15) is 8.78 Å². The van der Waals surface area contributed by atoms with Gasteiger partial charge >= 0.3 is 0 Å². The van der Waals surface area contributed by atoms with Gasteiger partial charge in [0.1, 0.15) is 18.3 Å². The number of nitrogens with one attached hydrogen (secondary N) is 1. The highest BCUT2D eigenvalue weighted by molar-refractivity contribution is 9.10. The Hall–Kier alpha value is -2.52. The van der Waals surface area contributed by atoms with Crippen molar-refractivity contribution in [3.63, 3.8) is 0 Å². The molecule has 0 radical (unpaired) electrons. The van der Waals surface area contributed by atoms with Gasteiger partial charge in [0.05, 0.1) is 17.1 Å². The van der Waals surface area contributed by atoms with E-state index in [1.807, 2.05) is 0 Å². The van der Waals surface area contributed by atoms with Crippen molar-refractivity contribution < 1.29 is 18.4 Å². The number of ether oxygens (including phenoxy) is 1. The van der Waals surface area contributed by atoms with Crippen molar-refractivity contribution in [2.24, 2.45) is 12.0 Å². The summed E-state index contributed by atoms with van der Waals surface area (Å²) in [5.41, 5.74) is 4.63. The minimum Gasteiger partial charge on any atom is -0.480 e. The first-order valence-corrected chi connectivity index (χ1v) is 8.87. The van der Waals surface area contributed by atoms with Crippen LogP contribution in [0.3, 0.4) is 0 Å². The van der Waals surface area contributed by atoms with Crippen LogP contribution >= 0.6 is 15.9 Å². The standard InChI is InChI=1S/C18H15BrF2N4O2/c1-25-7-10(9-5-12(20)13(21)6-16(9)25)15-8-27-24-17(22-15)14-4-3-11(19)18(23-14)26-2/h3-7,15H,8H2,1-2H3,(H,22,24). The van der Waals surface area contributed by atoms with Crippen LogP contribution in [0.2, 0.25) is 0 Å². The second kappa shape index (κ2) is 6.90. The predicted octanol–water partition coefficient (Wildman–Crippen LogP) is 3.65. The molecule has 1 aliphatic rings. The van der Waals surface area contributed by atoms with E-state index < -0.39 is 17.7 Å². The van der Waals surface area contributed by atoms with Crippen molar-refractivity contribution in [1.82, 2.24) is 15.0 Å². The fourth-order valence-corrected chi connectivity index (χ4v) is 3.44. The van der Waals surface area contributed by atoms with E-state index in [1.54, 1.807) is 29.9 Å². The van der Waals surface area contributed by atoms with Crippen molar-refractivity contribution in [1.29, 1.82) is 0 Å². The number of benzene rings is 1. The molecule has 27 heavy (non-hydrogen) atoms. The highest BCUT2D eigenvalue weighted by Crippen LogP contribution is 2.32. The molecular weight excluding hydrogens is 422 g/mol. The molecule has 0 fully saturated rings. The van der Waals surface area contributed by atoms with Gasteiger partial charge in [-0.3, -0.25) is 9.83 Å². The lowest BCUT2D eigenvalue weighted by Crippen LogP contribution is -2.33. The van der Waals surface area contributed by atoms with E-state index in [-0.39, 0.29) is 6.61 Å². The highest BCUT2D eigenvalue weighted by Gasteiger charge is 2.24. The lowest BCUT2D eigenvalue weighted by Gasteiger charge is -2.21. The van der Waals surface area contributed by atoms with Crippen LogP contribution in [0, 0.1) is 11.6 Å². The molecule has 6 nitrogen and oxygen atoms in total. The Kier molecular flexibility index (Phi) is 4.56. The zero-order valence-electron chi connectivity index (χ0n) is 14.5. The minimum atomic E-state index is -0.895. The first kappa shape index (κ1) is 17.9. The van der Waals surface area contributed by atoms with Crippen molar-refractivity contribution >= 4 is 32.7 Å². The molecule has 1 N–H and O–H groups in total. The molecule has 1 aliphatic heterocycles. The Labute approximate surface area is 161 Å². The maximum absolute atomic E-state index is 13.8. The van der Waals surface area contributed by atoms with E-state index in [0.29, 0.717) is 32.8 Å². The Morgan fingerprint density at radius 3 is 2.85 bits per heavy atom. The van der Waals surface area contributed by atoms with Gasteiger partial charge in [-0.1, -0.05) is 0 Å². The molecule has 1 aromatic carbocycles. The third-order valence-corrected chi connectivity index (χ3v) is 4.97. The highest BCUT2D eigenvalue weighted by atomic mass is 79.9. The van der Waals surface area contributed by atoms with Crippen molar-refractivity contribution in [2.75, 3.05) is 13.7 Å². The SMILES string of the molecule is COc1nc(C2=NC(c3cn(C)c4cc(F)c(F)cc34)CON2)ccc1Br. The summed E-state index contributed by atoms with van der Waals surface area (Å²) in [7, 11) is 3.30. The number of rotatable bonds is 3. The summed E-state index contributed by atoms with van der Waals surface area (Å²) in [5, 5.41) is 0.594. The van der Waals surface area contributed by atoms with Crippen LogP contribution in [0.1, 0.15) is 17.3 Å². The topological polar surface area (TPSA) is 60.7 Å². The fraction of sp³-hybridized carbons (Fsp3) is 0.222. The van der Waals surface area contributed by atoms with Crippen LogP contribution in [0.25, 0.3) is 10.9 Å². The van der Waals surface area contributed by atoms with Gasteiger partial charge in [-0.05, 0) is 34.1 Å². The van der Waals surface area contributed by atoms with Crippen LogP contribution in [-0.2, 0) is 11.9 Å². The third-order valence-electron chi connectivity index (χ3n) is 4.37. The van der Waals surface area contributed by atoms with E-state index in [2.05, 4.69) is 31.4 Å². The average Bonchev–Trinajstić information content (AvgIpc) is 2.98. The van der Waals surface area contributed by atoms with Crippen LogP contribution < -0.4 is 10.2 Å². The molecule has 0 bridgehead atoms. The number of aromatic nitrogens is 2. The van der Waals surface area contributed by atoms with E-state index in [0.717, 1.165) is 5.56 Å². The monoisotopic (exact) mass is 436 g/mol. The summed E-state index contributed by atoms with van der Waals surface area (Å²) in [6, 6.07) is 5.54. The molecule has 1 unspecified atom stereocenters. The number of hydrogen-bond donors (Lipinski definition) is 1. The van der Waals surface area contributed by atoms with Gasteiger partial charge in [0.25, 0.3) is 0 Å². The molecule has 0 saturated heterocycles. The molecule has 0 aliphatic carbocycles. The lowest BCUT2D eigenvalue weighted by molar-refractivity contribution is 0.0623. The van der Waals surface area contributed by atoms with Crippen molar-refractivity contribution in [3.05, 3.63) is 57.8 Å². The number of halogens is 3. The molecule has 140 valence electrons. The second-order valence-electron chi connectivity index (χ2n) is 6.07. The number of pyridine rings is 1. The zero-order valence-corrected chi connectivity index (χ0v) is 16.0. The molecule has 9 heteroatoms. The van der Waals surface area contributed by atoms with Crippen molar-refractivity contribution in [2.45, 2.75) is 6.04 Å². The van der Waals surface area contributed by atoms with Gasteiger partial charge in [-0.2, -0.15) is 0 Å². The normalized spacial score (nSPS) is 16.9. The molecule has 3 heterocycles. The Bertz CT molecular complexity index is 1070. The largest absolute Gasteiger partial charge is 0.480 e. The summed E-state index contributed by atoms with van der Waals surface area (Å²) >= 11 is 3.36. The van der Waals surface area contributed by atoms with Crippen LogP contribution in [0.4, 0.5) is 8.78 Å². The third kappa shape index (κ3) is 3.17. The number of methoxy groups -OCH3 is 1. The van der Waals surface area contributed by atoms with Crippen molar-refractivity contribution in [3.8, 4) is 5.88 Å². The smallest absolute Gasteiger partial charge is 0.228 e. The van der Waals surface area contributed by atoms with Crippen LogP contribution in [0.15, 0.2) is 39.9 Å². The predicted molar refractivity (Wildman–Crippen MR) is 99.7 cm³/mol. The maximum Gasteiger partial charge on any atom is 0.228 e. The first-order chi connectivity index (χ1) is 13.0. The minimum absolute atomic E-state index is 0.245. The Balaban J connectivity index is 1.78. The molecule has 2 aromatic heterocycles. The number of hydrogen-bond acceptors (Lipinski definition) is 5.